The van der Waals surface area contributed by atoms with Gasteiger partial charge in [0.15, 0.2) is 0 Å². The Bertz CT molecular complexity index is 1800. The number of benzene rings is 3. The third-order valence-electron chi connectivity index (χ3n) is 8.75. The molecule has 47 heavy (non-hydrogen) atoms. The number of para-hydroxylation sites is 2. The molecule has 12 heteroatoms. The molecule has 0 spiro atoms. The Hall–Kier alpha value is -5.23. The van der Waals surface area contributed by atoms with Gasteiger partial charge >= 0.3 is 0 Å². The fourth-order valence-corrected chi connectivity index (χ4v) is 6.10. The molecular formula is C35H35F2N7O3. The van der Waals surface area contributed by atoms with Crippen LogP contribution in [0.2, 0.25) is 0 Å². The highest BCUT2D eigenvalue weighted by molar-refractivity contribution is 6.10. The lowest BCUT2D eigenvalue weighted by Crippen LogP contribution is -2.44. The quantitative estimate of drug-likeness (QED) is 0.293. The van der Waals surface area contributed by atoms with Crippen molar-refractivity contribution in [3.8, 4) is 5.69 Å². The van der Waals surface area contributed by atoms with Gasteiger partial charge in [-0.25, -0.2) is 18.4 Å². The standard InChI is InChI=1S/C35H35F2N7O3/c1-41(2)26-15-18-42(19-16-26)32(45)21-29-27-7-3-5-9-30(27)43(20-17-35(29,36)37)34(47)24-11-13-25(14-12-24)40-33(46)28-8-4-6-10-31(28)44-23-38-22-39-44/h3-14,21-23,26H,15-20H2,1-2H3,(H,40,46)/b29-21-. The zero-order valence-electron chi connectivity index (χ0n) is 26.1. The summed E-state index contributed by atoms with van der Waals surface area (Å²) in [4.78, 5) is 49.2. The number of amides is 3. The van der Waals surface area contributed by atoms with E-state index in [9.17, 15) is 14.4 Å². The number of alkyl halides is 2. The molecule has 0 unspecified atom stereocenters. The van der Waals surface area contributed by atoms with Gasteiger partial charge in [-0.3, -0.25) is 14.4 Å². The average molecular weight is 640 g/mol. The third-order valence-corrected chi connectivity index (χ3v) is 8.75. The normalized spacial score (nSPS) is 17.3. The maximum atomic E-state index is 15.7. The summed E-state index contributed by atoms with van der Waals surface area (Å²) in [6.07, 6.45) is 4.83. The molecule has 242 valence electrons. The highest BCUT2D eigenvalue weighted by Gasteiger charge is 2.42. The summed E-state index contributed by atoms with van der Waals surface area (Å²) in [5, 5.41) is 6.94. The Kier molecular flexibility index (Phi) is 8.95. The summed E-state index contributed by atoms with van der Waals surface area (Å²) >= 11 is 0. The summed E-state index contributed by atoms with van der Waals surface area (Å²) in [6.45, 7) is 0.738. The number of carbonyl (C=O) groups is 3. The molecule has 1 N–H and O–H groups in total. The second kappa shape index (κ2) is 13.2. The van der Waals surface area contributed by atoms with Crippen LogP contribution in [0, 0.1) is 0 Å². The topological polar surface area (TPSA) is 104 Å². The van der Waals surface area contributed by atoms with Crippen LogP contribution in [-0.2, 0) is 4.79 Å². The van der Waals surface area contributed by atoms with Gasteiger partial charge in [-0.2, -0.15) is 5.10 Å². The van der Waals surface area contributed by atoms with E-state index in [1.165, 1.54) is 28.3 Å². The molecule has 1 fully saturated rings. The van der Waals surface area contributed by atoms with E-state index in [1.807, 2.05) is 14.1 Å². The number of rotatable bonds is 6. The lowest BCUT2D eigenvalue weighted by Gasteiger charge is -2.35. The van der Waals surface area contributed by atoms with E-state index in [4.69, 9.17) is 0 Å². The number of allylic oxidation sites excluding steroid dienone is 1. The molecule has 0 saturated carbocycles. The second-order valence-electron chi connectivity index (χ2n) is 11.9. The van der Waals surface area contributed by atoms with Crippen LogP contribution in [0.5, 0.6) is 0 Å². The number of carbonyl (C=O) groups excluding carboxylic acids is 3. The van der Waals surface area contributed by atoms with Crippen molar-refractivity contribution in [2.75, 3.05) is 43.9 Å². The van der Waals surface area contributed by atoms with Gasteiger partial charge in [0.1, 0.15) is 12.7 Å². The highest BCUT2D eigenvalue weighted by Crippen LogP contribution is 2.43. The fraction of sp³-hybridized carbons (Fsp3) is 0.286. The fourth-order valence-electron chi connectivity index (χ4n) is 6.10. The molecule has 0 aliphatic carbocycles. The van der Waals surface area contributed by atoms with Crippen molar-refractivity contribution in [1.82, 2.24) is 24.6 Å². The first-order valence-corrected chi connectivity index (χ1v) is 15.4. The van der Waals surface area contributed by atoms with Crippen LogP contribution >= 0.6 is 0 Å². The summed E-state index contributed by atoms with van der Waals surface area (Å²) in [6, 6.07) is 20.0. The number of anilines is 2. The first kappa shape index (κ1) is 31.7. The van der Waals surface area contributed by atoms with Gasteiger partial charge in [0.05, 0.1) is 16.9 Å². The largest absolute Gasteiger partial charge is 0.339 e. The molecule has 0 radical (unpaired) electrons. The van der Waals surface area contributed by atoms with Gasteiger partial charge in [-0.05, 0) is 69.4 Å². The number of hydrogen-bond acceptors (Lipinski definition) is 6. The smallest absolute Gasteiger partial charge is 0.275 e. The molecule has 3 amide bonds. The van der Waals surface area contributed by atoms with Gasteiger partial charge in [0.2, 0.25) is 5.91 Å². The lowest BCUT2D eigenvalue weighted by atomic mass is 9.96. The predicted octanol–water partition coefficient (Wildman–Crippen LogP) is 5.14. The van der Waals surface area contributed by atoms with Crippen LogP contribution in [0.15, 0.2) is 91.5 Å². The van der Waals surface area contributed by atoms with Crippen molar-refractivity contribution in [2.45, 2.75) is 31.2 Å². The Labute approximate surface area is 271 Å². The molecule has 2 aliphatic heterocycles. The van der Waals surface area contributed by atoms with Crippen LogP contribution < -0.4 is 10.2 Å². The zero-order valence-corrected chi connectivity index (χ0v) is 26.1. The predicted molar refractivity (Wildman–Crippen MR) is 175 cm³/mol. The SMILES string of the molecule is CN(C)C1CCN(C(=O)/C=C2/c3ccccc3N(C(=O)c3ccc(NC(=O)c4ccccc4-n4cncn4)cc3)CCC2(F)F)CC1. The van der Waals surface area contributed by atoms with Crippen LogP contribution in [-0.4, -0.2) is 88.0 Å². The Balaban J connectivity index is 1.21. The minimum Gasteiger partial charge on any atom is -0.339 e. The van der Waals surface area contributed by atoms with Crippen LogP contribution in [0.4, 0.5) is 20.2 Å². The molecule has 4 aromatic rings. The number of aromatic nitrogens is 3. The number of likely N-dealkylation sites (tertiary alicyclic amines) is 1. The van der Waals surface area contributed by atoms with E-state index >= 15 is 8.78 Å². The van der Waals surface area contributed by atoms with Crippen molar-refractivity contribution in [3.05, 3.63) is 108 Å². The minimum atomic E-state index is -3.33. The third kappa shape index (κ3) is 6.68. The van der Waals surface area contributed by atoms with E-state index < -0.39 is 24.2 Å². The molecule has 0 bridgehead atoms. The summed E-state index contributed by atoms with van der Waals surface area (Å²) in [5.74, 6) is -4.64. The zero-order chi connectivity index (χ0) is 33.1. The van der Waals surface area contributed by atoms with Crippen molar-refractivity contribution in [1.29, 1.82) is 0 Å². The number of halogens is 2. The summed E-state index contributed by atoms with van der Waals surface area (Å²) < 4.78 is 33.0. The lowest BCUT2D eigenvalue weighted by molar-refractivity contribution is -0.127. The Morgan fingerprint density at radius 2 is 1.60 bits per heavy atom. The van der Waals surface area contributed by atoms with E-state index in [1.54, 1.807) is 71.6 Å². The van der Waals surface area contributed by atoms with Crippen molar-refractivity contribution >= 4 is 34.7 Å². The molecule has 1 aromatic heterocycles. The van der Waals surface area contributed by atoms with Gasteiger partial charge < -0.3 is 20.0 Å². The monoisotopic (exact) mass is 639 g/mol. The van der Waals surface area contributed by atoms with E-state index in [0.29, 0.717) is 41.8 Å². The molecule has 6 rings (SSSR count). The highest BCUT2D eigenvalue weighted by atomic mass is 19.3. The minimum absolute atomic E-state index is 0.148. The van der Waals surface area contributed by atoms with Crippen LogP contribution in [0.1, 0.15) is 45.5 Å². The first-order valence-electron chi connectivity index (χ1n) is 15.4. The molecule has 0 atom stereocenters. The number of nitrogens with one attached hydrogen (secondary N) is 1. The van der Waals surface area contributed by atoms with Crippen LogP contribution in [0.25, 0.3) is 11.3 Å². The Morgan fingerprint density at radius 1 is 0.915 bits per heavy atom. The van der Waals surface area contributed by atoms with Crippen molar-refractivity contribution in [2.24, 2.45) is 0 Å². The second-order valence-corrected chi connectivity index (χ2v) is 11.9. The van der Waals surface area contributed by atoms with Crippen LogP contribution in [0.3, 0.4) is 0 Å². The summed E-state index contributed by atoms with van der Waals surface area (Å²) in [5.41, 5.74) is 1.71. The molecule has 3 aromatic carbocycles. The molecule has 3 heterocycles. The van der Waals surface area contributed by atoms with E-state index in [2.05, 4.69) is 20.3 Å². The number of hydrogen-bond donors (Lipinski definition) is 1. The van der Waals surface area contributed by atoms with Gasteiger partial charge in [-0.15, -0.1) is 0 Å². The van der Waals surface area contributed by atoms with Crippen molar-refractivity contribution < 1.29 is 23.2 Å². The first-order chi connectivity index (χ1) is 22.6. The van der Waals surface area contributed by atoms with Gasteiger partial charge in [0, 0.05) is 60.6 Å². The maximum Gasteiger partial charge on any atom is 0.275 e. The molecule has 1 saturated heterocycles. The van der Waals surface area contributed by atoms with E-state index in [0.717, 1.165) is 18.9 Å². The maximum absolute atomic E-state index is 15.7. The molecule has 2 aliphatic rings. The molecular weight excluding hydrogens is 604 g/mol. The number of nitrogens with zero attached hydrogens (tertiary/aromatic N) is 6. The number of fused-ring (bicyclic) bond motifs is 1. The van der Waals surface area contributed by atoms with Gasteiger partial charge in [0.25, 0.3) is 17.7 Å². The van der Waals surface area contributed by atoms with Gasteiger partial charge in [-0.1, -0.05) is 30.3 Å². The Morgan fingerprint density at radius 3 is 2.28 bits per heavy atom. The number of piperidine rings is 1. The van der Waals surface area contributed by atoms with E-state index in [-0.39, 0.29) is 29.2 Å². The molecule has 10 nitrogen and oxygen atoms in total. The summed E-state index contributed by atoms with van der Waals surface area (Å²) in [7, 11) is 3.99. The average Bonchev–Trinajstić information content (AvgIpc) is 3.59. The van der Waals surface area contributed by atoms with Crippen molar-refractivity contribution in [3.63, 3.8) is 0 Å².